The van der Waals surface area contributed by atoms with Crippen molar-refractivity contribution in [1.82, 2.24) is 15.3 Å². The van der Waals surface area contributed by atoms with Crippen LogP contribution in [0, 0.1) is 0 Å². The minimum absolute atomic E-state index is 0.0682. The lowest BCUT2D eigenvalue weighted by Gasteiger charge is -2.30. The fraction of sp³-hybridized carbons (Fsp3) is 0.526. The largest absolute Gasteiger partial charge is 0.488 e. The zero-order valence-electron chi connectivity index (χ0n) is 15.5. The molecule has 1 aromatic carbocycles. The van der Waals surface area contributed by atoms with Gasteiger partial charge in [-0.05, 0) is 52.5 Å². The number of benzene rings is 1. The molecule has 1 fully saturated rings. The number of carbonyl (C=O) groups excluding carboxylic acids is 1. The lowest BCUT2D eigenvalue weighted by Crippen LogP contribution is -2.42. The first-order valence-electron chi connectivity index (χ1n) is 8.96. The molecule has 2 aromatic rings. The second-order valence-electron chi connectivity index (χ2n) is 7.68. The third kappa shape index (κ3) is 4.74. The Hall–Kier alpha value is -2.57. The second-order valence-corrected chi connectivity index (χ2v) is 7.68. The number of aromatic nitrogens is 2. The van der Waals surface area contributed by atoms with Crippen molar-refractivity contribution in [2.24, 2.45) is 0 Å². The number of fused-ring (bicyclic) bond motifs is 1. The van der Waals surface area contributed by atoms with Gasteiger partial charge in [0.05, 0.1) is 11.6 Å². The fourth-order valence-corrected chi connectivity index (χ4v) is 3.13. The number of carbonyl (C=O) groups is 1. The van der Waals surface area contributed by atoms with Crippen molar-refractivity contribution >= 4 is 22.8 Å². The zero-order valence-corrected chi connectivity index (χ0v) is 15.5. The van der Waals surface area contributed by atoms with E-state index in [2.05, 4.69) is 15.3 Å². The van der Waals surface area contributed by atoms with Crippen LogP contribution >= 0.6 is 0 Å². The lowest BCUT2D eigenvalue weighted by atomic mass is 9.93. The zero-order chi connectivity index (χ0) is 18.7. The van der Waals surface area contributed by atoms with Gasteiger partial charge in [-0.2, -0.15) is 0 Å². The number of nitrogens with one attached hydrogen (secondary N) is 1. The molecular formula is C19H26N4O3. The molecule has 0 spiro atoms. The van der Waals surface area contributed by atoms with E-state index < -0.39 is 5.60 Å². The Morgan fingerprint density at radius 3 is 2.54 bits per heavy atom. The summed E-state index contributed by atoms with van der Waals surface area (Å²) < 4.78 is 11.5. The van der Waals surface area contributed by atoms with E-state index in [9.17, 15) is 4.79 Å². The van der Waals surface area contributed by atoms with Crippen LogP contribution < -0.4 is 15.8 Å². The van der Waals surface area contributed by atoms with E-state index in [4.69, 9.17) is 15.2 Å². The van der Waals surface area contributed by atoms with Crippen LogP contribution in [0.25, 0.3) is 11.0 Å². The van der Waals surface area contributed by atoms with Crippen LogP contribution in [-0.4, -0.2) is 33.8 Å². The molecule has 1 aliphatic rings. The average molecular weight is 358 g/mol. The molecule has 7 heteroatoms. The Bertz CT molecular complexity index is 780. The number of nitrogens with two attached hydrogens (primary N) is 1. The van der Waals surface area contributed by atoms with Gasteiger partial charge in [-0.3, -0.25) is 4.98 Å². The third-order valence-electron chi connectivity index (χ3n) is 4.25. The maximum absolute atomic E-state index is 11.9. The van der Waals surface area contributed by atoms with Gasteiger partial charge < -0.3 is 20.5 Å². The third-order valence-corrected chi connectivity index (χ3v) is 4.25. The Morgan fingerprint density at radius 2 is 1.85 bits per heavy atom. The standard InChI is InChI=1S/C19H26N4O3/c1-19(2,3)26-18(24)23-13-4-6-14(7-5-13)25-16-11-12(20)10-15-17(16)22-9-8-21-15/h8-11,13-14H,4-7,20H2,1-3H3,(H,23,24). The van der Waals surface area contributed by atoms with E-state index >= 15 is 0 Å². The van der Waals surface area contributed by atoms with Gasteiger partial charge in [0.15, 0.2) is 0 Å². The summed E-state index contributed by atoms with van der Waals surface area (Å²) in [5.41, 5.74) is 7.51. The quantitative estimate of drug-likeness (QED) is 0.816. The SMILES string of the molecule is CC(C)(C)OC(=O)NC1CCC(Oc2cc(N)cc3nccnc23)CC1. The van der Waals surface area contributed by atoms with Crippen molar-refractivity contribution in [3.8, 4) is 5.75 Å². The summed E-state index contributed by atoms with van der Waals surface area (Å²) in [7, 11) is 0. The van der Waals surface area contributed by atoms with Crippen LogP contribution in [0.4, 0.5) is 10.5 Å². The van der Waals surface area contributed by atoms with E-state index in [0.717, 1.165) is 36.7 Å². The van der Waals surface area contributed by atoms with Crippen molar-refractivity contribution in [3.63, 3.8) is 0 Å². The highest BCUT2D eigenvalue weighted by Crippen LogP contribution is 2.30. The number of rotatable bonds is 3. The maximum atomic E-state index is 11.9. The number of hydrogen-bond acceptors (Lipinski definition) is 6. The first-order valence-corrected chi connectivity index (χ1v) is 8.96. The van der Waals surface area contributed by atoms with E-state index in [1.54, 1.807) is 24.5 Å². The summed E-state index contributed by atoms with van der Waals surface area (Å²) in [6.45, 7) is 5.57. The summed E-state index contributed by atoms with van der Waals surface area (Å²) in [5, 5.41) is 2.94. The Kier molecular flexibility index (Phi) is 5.15. The molecule has 1 saturated carbocycles. The number of anilines is 1. The summed E-state index contributed by atoms with van der Waals surface area (Å²) in [6, 6.07) is 3.70. The molecule has 3 rings (SSSR count). The van der Waals surface area contributed by atoms with Crippen LogP contribution in [0.1, 0.15) is 46.5 Å². The molecule has 1 aliphatic carbocycles. The van der Waals surface area contributed by atoms with E-state index in [-0.39, 0.29) is 18.2 Å². The average Bonchev–Trinajstić information content (AvgIpc) is 2.55. The molecule has 26 heavy (non-hydrogen) atoms. The van der Waals surface area contributed by atoms with Crippen molar-refractivity contribution in [2.45, 2.75) is 64.2 Å². The summed E-state index contributed by atoms with van der Waals surface area (Å²) in [4.78, 5) is 20.5. The Morgan fingerprint density at radius 1 is 1.15 bits per heavy atom. The highest BCUT2D eigenvalue weighted by molar-refractivity contribution is 5.84. The highest BCUT2D eigenvalue weighted by Gasteiger charge is 2.26. The molecule has 0 saturated heterocycles. The number of nitrogens with zero attached hydrogens (tertiary/aromatic N) is 2. The molecule has 1 heterocycles. The number of alkyl carbamates (subject to hydrolysis) is 1. The van der Waals surface area contributed by atoms with Crippen LogP contribution in [0.5, 0.6) is 5.75 Å². The van der Waals surface area contributed by atoms with Crippen molar-refractivity contribution in [2.75, 3.05) is 5.73 Å². The molecule has 140 valence electrons. The number of hydrogen-bond donors (Lipinski definition) is 2. The predicted molar refractivity (Wildman–Crippen MR) is 100.0 cm³/mol. The topological polar surface area (TPSA) is 99.4 Å². The monoisotopic (exact) mass is 358 g/mol. The highest BCUT2D eigenvalue weighted by atomic mass is 16.6. The molecule has 1 amide bonds. The molecule has 0 unspecified atom stereocenters. The minimum atomic E-state index is -0.486. The second kappa shape index (κ2) is 7.35. The summed E-state index contributed by atoms with van der Waals surface area (Å²) >= 11 is 0. The van der Waals surface area contributed by atoms with Gasteiger partial charge in [-0.15, -0.1) is 0 Å². The van der Waals surface area contributed by atoms with Crippen LogP contribution in [0.2, 0.25) is 0 Å². The smallest absolute Gasteiger partial charge is 0.407 e. The summed E-state index contributed by atoms with van der Waals surface area (Å²) in [6.07, 6.45) is 6.36. The first-order chi connectivity index (χ1) is 12.3. The van der Waals surface area contributed by atoms with Crippen molar-refractivity contribution in [1.29, 1.82) is 0 Å². The molecule has 1 aromatic heterocycles. The molecule has 0 radical (unpaired) electrons. The van der Waals surface area contributed by atoms with Gasteiger partial charge in [0.2, 0.25) is 0 Å². The van der Waals surface area contributed by atoms with Gasteiger partial charge >= 0.3 is 6.09 Å². The Balaban J connectivity index is 1.57. The van der Waals surface area contributed by atoms with Crippen molar-refractivity contribution < 1.29 is 14.3 Å². The normalized spacial score (nSPS) is 20.6. The number of ether oxygens (including phenoxy) is 2. The molecule has 3 N–H and O–H groups in total. The van der Waals surface area contributed by atoms with Crippen LogP contribution in [0.3, 0.4) is 0 Å². The Labute approximate surface area is 153 Å². The van der Waals surface area contributed by atoms with E-state index in [1.807, 2.05) is 20.8 Å². The molecule has 0 aliphatic heterocycles. The van der Waals surface area contributed by atoms with E-state index in [1.165, 1.54) is 0 Å². The number of nitrogen functional groups attached to an aromatic ring is 1. The molecule has 7 nitrogen and oxygen atoms in total. The first kappa shape index (κ1) is 18.2. The van der Waals surface area contributed by atoms with Gasteiger partial charge in [0, 0.05) is 30.2 Å². The minimum Gasteiger partial charge on any atom is -0.488 e. The molecule has 0 atom stereocenters. The van der Waals surface area contributed by atoms with Gasteiger partial charge in [-0.25, -0.2) is 9.78 Å². The maximum Gasteiger partial charge on any atom is 0.407 e. The van der Waals surface area contributed by atoms with Gasteiger partial charge in [0.25, 0.3) is 0 Å². The van der Waals surface area contributed by atoms with Crippen LogP contribution in [-0.2, 0) is 4.74 Å². The molecular weight excluding hydrogens is 332 g/mol. The molecule has 0 bridgehead atoms. The predicted octanol–water partition coefficient (Wildman–Crippen LogP) is 3.43. The lowest BCUT2D eigenvalue weighted by molar-refractivity contribution is 0.0471. The summed E-state index contributed by atoms with van der Waals surface area (Å²) in [5.74, 6) is 0.664. The fourth-order valence-electron chi connectivity index (χ4n) is 3.13. The number of amides is 1. The van der Waals surface area contributed by atoms with Gasteiger partial charge in [0.1, 0.15) is 16.9 Å². The van der Waals surface area contributed by atoms with Crippen molar-refractivity contribution in [3.05, 3.63) is 24.5 Å². The van der Waals surface area contributed by atoms with Crippen LogP contribution in [0.15, 0.2) is 24.5 Å². The van der Waals surface area contributed by atoms with E-state index in [0.29, 0.717) is 11.4 Å². The van der Waals surface area contributed by atoms with Gasteiger partial charge in [-0.1, -0.05) is 0 Å².